The molecule has 8 nitrogen and oxygen atoms in total. The van der Waals surface area contributed by atoms with E-state index in [1.807, 2.05) is 6.92 Å². The predicted molar refractivity (Wildman–Crippen MR) is 71.2 cm³/mol. The van der Waals surface area contributed by atoms with E-state index in [0.717, 1.165) is 6.54 Å². The van der Waals surface area contributed by atoms with Crippen molar-refractivity contribution in [3.05, 3.63) is 29.4 Å². The lowest BCUT2D eigenvalue weighted by Crippen LogP contribution is -2.25. The Kier molecular flexibility index (Phi) is 4.53. The molecule has 0 saturated heterocycles. The highest BCUT2D eigenvalue weighted by molar-refractivity contribution is 7.89. The molecule has 0 radical (unpaired) electrons. The standard InChI is InChI=1S/C11H17N5O3S/c1-3-12-7-10-11(8(2)14-15-10)20(17,18)13-6-9-4-5-19-16-9/h4-5,12-13H,3,6-7H2,1-2H3,(H,14,15). The third-order valence-corrected chi connectivity index (χ3v) is 4.31. The quantitative estimate of drug-likeness (QED) is 0.677. The van der Waals surface area contributed by atoms with Crippen LogP contribution >= 0.6 is 0 Å². The molecule has 0 unspecified atom stereocenters. The van der Waals surface area contributed by atoms with Gasteiger partial charge >= 0.3 is 0 Å². The summed E-state index contributed by atoms with van der Waals surface area (Å²) in [6.45, 7) is 4.81. The first-order valence-corrected chi connectivity index (χ1v) is 7.66. The van der Waals surface area contributed by atoms with Crippen LogP contribution in [0.2, 0.25) is 0 Å². The monoisotopic (exact) mass is 299 g/mol. The van der Waals surface area contributed by atoms with Gasteiger partial charge in [0.1, 0.15) is 11.2 Å². The Labute approximate surface area is 117 Å². The summed E-state index contributed by atoms with van der Waals surface area (Å²) in [6, 6.07) is 1.60. The van der Waals surface area contributed by atoms with E-state index in [0.29, 0.717) is 23.6 Å². The van der Waals surface area contributed by atoms with Crippen LogP contribution in [0.25, 0.3) is 0 Å². The van der Waals surface area contributed by atoms with Crippen molar-refractivity contribution in [2.24, 2.45) is 0 Å². The average Bonchev–Trinajstić information content (AvgIpc) is 3.03. The molecule has 0 aliphatic rings. The molecule has 0 aliphatic heterocycles. The number of aromatic amines is 1. The summed E-state index contributed by atoms with van der Waals surface area (Å²) < 4.78 is 31.8. The zero-order chi connectivity index (χ0) is 14.6. The fraction of sp³-hybridized carbons (Fsp3) is 0.455. The Morgan fingerprint density at radius 2 is 2.20 bits per heavy atom. The Balaban J connectivity index is 2.18. The smallest absolute Gasteiger partial charge is 0.244 e. The summed E-state index contributed by atoms with van der Waals surface area (Å²) in [5, 5.41) is 13.4. The van der Waals surface area contributed by atoms with Gasteiger partial charge in [-0.3, -0.25) is 5.10 Å². The van der Waals surface area contributed by atoms with Crippen LogP contribution < -0.4 is 10.0 Å². The summed E-state index contributed by atoms with van der Waals surface area (Å²) in [5.74, 6) is 0. The topological polar surface area (TPSA) is 113 Å². The summed E-state index contributed by atoms with van der Waals surface area (Å²) in [7, 11) is -3.65. The van der Waals surface area contributed by atoms with Crippen LogP contribution in [0.1, 0.15) is 24.0 Å². The Hall–Kier alpha value is -1.71. The normalized spacial score (nSPS) is 11.9. The van der Waals surface area contributed by atoms with Crippen LogP contribution in [0, 0.1) is 6.92 Å². The summed E-state index contributed by atoms with van der Waals surface area (Å²) in [4.78, 5) is 0.182. The molecular formula is C11H17N5O3S. The van der Waals surface area contributed by atoms with E-state index in [-0.39, 0.29) is 11.4 Å². The highest BCUT2D eigenvalue weighted by Gasteiger charge is 2.24. The lowest BCUT2D eigenvalue weighted by molar-refractivity contribution is 0.411. The van der Waals surface area contributed by atoms with E-state index in [2.05, 4.69) is 29.9 Å². The molecule has 0 aliphatic carbocycles. The molecule has 0 atom stereocenters. The summed E-state index contributed by atoms with van der Waals surface area (Å²) in [6.07, 6.45) is 1.39. The number of sulfonamides is 1. The zero-order valence-electron chi connectivity index (χ0n) is 11.3. The molecule has 2 aromatic heterocycles. The van der Waals surface area contributed by atoms with Crippen LogP contribution in [0.5, 0.6) is 0 Å². The molecule has 0 fully saturated rings. The van der Waals surface area contributed by atoms with Crippen molar-refractivity contribution in [1.29, 1.82) is 0 Å². The molecule has 20 heavy (non-hydrogen) atoms. The first-order valence-electron chi connectivity index (χ1n) is 6.18. The third kappa shape index (κ3) is 3.24. The largest absolute Gasteiger partial charge is 0.364 e. The van der Waals surface area contributed by atoms with E-state index in [1.54, 1.807) is 13.0 Å². The first kappa shape index (κ1) is 14.7. The second-order valence-corrected chi connectivity index (χ2v) is 5.92. The maximum atomic E-state index is 12.3. The van der Waals surface area contributed by atoms with E-state index >= 15 is 0 Å². The van der Waals surface area contributed by atoms with E-state index in [1.165, 1.54) is 6.26 Å². The SMILES string of the molecule is CCNCc1n[nH]c(C)c1S(=O)(=O)NCc1ccon1. The number of hydrogen-bond acceptors (Lipinski definition) is 6. The summed E-state index contributed by atoms with van der Waals surface area (Å²) >= 11 is 0. The van der Waals surface area contributed by atoms with Crippen LogP contribution in [0.15, 0.2) is 21.7 Å². The van der Waals surface area contributed by atoms with E-state index < -0.39 is 10.0 Å². The molecule has 0 aromatic carbocycles. The van der Waals surface area contributed by atoms with Gasteiger partial charge in [0.05, 0.1) is 23.6 Å². The predicted octanol–water partition coefficient (Wildman–Crippen LogP) is 0.294. The second kappa shape index (κ2) is 6.16. The van der Waals surface area contributed by atoms with Crippen LogP contribution in [0.4, 0.5) is 0 Å². The molecule has 9 heteroatoms. The Morgan fingerprint density at radius 1 is 1.40 bits per heavy atom. The van der Waals surface area contributed by atoms with Crippen molar-refractivity contribution in [2.45, 2.75) is 31.8 Å². The molecule has 2 heterocycles. The van der Waals surface area contributed by atoms with Gasteiger partial charge in [-0.15, -0.1) is 0 Å². The molecule has 2 aromatic rings. The van der Waals surface area contributed by atoms with Gasteiger partial charge in [-0.05, 0) is 13.5 Å². The van der Waals surface area contributed by atoms with Gasteiger partial charge in [-0.2, -0.15) is 5.10 Å². The lowest BCUT2D eigenvalue weighted by atomic mass is 10.3. The second-order valence-electron chi connectivity index (χ2n) is 4.22. The van der Waals surface area contributed by atoms with Crippen molar-refractivity contribution >= 4 is 10.0 Å². The summed E-state index contributed by atoms with van der Waals surface area (Å²) in [5.41, 5.74) is 1.49. The number of rotatable bonds is 7. The van der Waals surface area contributed by atoms with Crippen molar-refractivity contribution < 1.29 is 12.9 Å². The van der Waals surface area contributed by atoms with Crippen molar-refractivity contribution in [3.63, 3.8) is 0 Å². The molecule has 110 valence electrons. The molecule has 2 rings (SSSR count). The highest BCUT2D eigenvalue weighted by Crippen LogP contribution is 2.17. The van der Waals surface area contributed by atoms with Crippen molar-refractivity contribution in [3.8, 4) is 0 Å². The molecular weight excluding hydrogens is 282 g/mol. The van der Waals surface area contributed by atoms with E-state index in [9.17, 15) is 8.42 Å². The molecule has 0 spiro atoms. The minimum atomic E-state index is -3.65. The highest BCUT2D eigenvalue weighted by atomic mass is 32.2. The number of nitrogens with zero attached hydrogens (tertiary/aromatic N) is 2. The van der Waals surface area contributed by atoms with Gasteiger partial charge in [0.25, 0.3) is 0 Å². The number of H-pyrrole nitrogens is 1. The minimum absolute atomic E-state index is 0.0735. The molecule has 0 bridgehead atoms. The van der Waals surface area contributed by atoms with Gasteiger partial charge in [0.2, 0.25) is 10.0 Å². The maximum Gasteiger partial charge on any atom is 0.244 e. The lowest BCUT2D eigenvalue weighted by Gasteiger charge is -2.07. The zero-order valence-corrected chi connectivity index (χ0v) is 12.1. The molecule has 3 N–H and O–H groups in total. The number of aromatic nitrogens is 3. The van der Waals surface area contributed by atoms with Gasteiger partial charge in [-0.25, -0.2) is 13.1 Å². The van der Waals surface area contributed by atoms with Gasteiger partial charge in [-0.1, -0.05) is 12.1 Å². The fourth-order valence-electron chi connectivity index (χ4n) is 1.76. The van der Waals surface area contributed by atoms with Gasteiger partial charge < -0.3 is 9.84 Å². The molecule has 0 amide bonds. The minimum Gasteiger partial charge on any atom is -0.364 e. The fourth-order valence-corrected chi connectivity index (χ4v) is 3.12. The molecule has 0 saturated carbocycles. The van der Waals surface area contributed by atoms with Crippen LogP contribution in [0.3, 0.4) is 0 Å². The number of nitrogens with one attached hydrogen (secondary N) is 3. The maximum absolute atomic E-state index is 12.3. The van der Waals surface area contributed by atoms with Crippen molar-refractivity contribution in [2.75, 3.05) is 6.54 Å². The first-order chi connectivity index (χ1) is 9.54. The Bertz CT molecular complexity index is 648. The van der Waals surface area contributed by atoms with Crippen LogP contribution in [-0.4, -0.2) is 30.3 Å². The van der Waals surface area contributed by atoms with E-state index in [4.69, 9.17) is 0 Å². The number of hydrogen-bond donors (Lipinski definition) is 3. The average molecular weight is 299 g/mol. The number of aryl methyl sites for hydroxylation is 1. The van der Waals surface area contributed by atoms with Crippen LogP contribution in [-0.2, 0) is 23.1 Å². The van der Waals surface area contributed by atoms with Gasteiger partial charge in [0, 0.05) is 12.6 Å². The van der Waals surface area contributed by atoms with Crippen molar-refractivity contribution in [1.82, 2.24) is 25.4 Å². The Morgan fingerprint density at radius 3 is 2.85 bits per heavy atom. The van der Waals surface area contributed by atoms with Gasteiger partial charge in [0.15, 0.2) is 0 Å². The third-order valence-electron chi connectivity index (χ3n) is 2.71.